The minimum atomic E-state index is -3.72. The van der Waals surface area contributed by atoms with Crippen molar-refractivity contribution in [3.63, 3.8) is 0 Å². The SMILES string of the molecule is O=C1OCc2c(Cl)cccc2N1C1CCN(S(=O)(=O)c2cccc3c(Cl)cccc23)CC1. The van der Waals surface area contributed by atoms with E-state index in [0.717, 1.165) is 11.3 Å². The number of benzene rings is 3. The molecule has 0 atom stereocenters. The minimum Gasteiger partial charge on any atom is -0.444 e. The van der Waals surface area contributed by atoms with Gasteiger partial charge in [0.15, 0.2) is 0 Å². The summed E-state index contributed by atoms with van der Waals surface area (Å²) in [6.07, 6.45) is 0.558. The Morgan fingerprint density at radius 2 is 1.53 bits per heavy atom. The number of amides is 1. The quantitative estimate of drug-likeness (QED) is 0.488. The Labute approximate surface area is 196 Å². The molecular weight excluding hydrogens is 471 g/mol. The van der Waals surface area contributed by atoms with E-state index < -0.39 is 16.1 Å². The summed E-state index contributed by atoms with van der Waals surface area (Å²) in [5.74, 6) is 0. The average molecular weight is 491 g/mol. The lowest BCUT2D eigenvalue weighted by molar-refractivity contribution is 0.136. The zero-order valence-corrected chi connectivity index (χ0v) is 19.3. The molecule has 2 aliphatic rings. The monoisotopic (exact) mass is 490 g/mol. The topological polar surface area (TPSA) is 66.9 Å². The van der Waals surface area contributed by atoms with Crippen LogP contribution in [0.15, 0.2) is 59.5 Å². The summed E-state index contributed by atoms with van der Waals surface area (Å²) < 4.78 is 33.7. The fourth-order valence-electron chi connectivity index (χ4n) is 4.51. The van der Waals surface area contributed by atoms with E-state index in [2.05, 4.69) is 0 Å². The van der Waals surface area contributed by atoms with E-state index >= 15 is 0 Å². The normalized spacial score (nSPS) is 17.9. The van der Waals surface area contributed by atoms with E-state index in [1.807, 2.05) is 12.1 Å². The lowest BCUT2D eigenvalue weighted by atomic mass is 10.0. The van der Waals surface area contributed by atoms with Crippen LogP contribution in [0.1, 0.15) is 18.4 Å². The van der Waals surface area contributed by atoms with Crippen LogP contribution in [0, 0.1) is 0 Å². The second kappa shape index (κ2) is 8.23. The molecule has 9 heteroatoms. The van der Waals surface area contributed by atoms with Crippen LogP contribution in [0.2, 0.25) is 10.0 Å². The van der Waals surface area contributed by atoms with E-state index in [9.17, 15) is 13.2 Å². The van der Waals surface area contributed by atoms with Gasteiger partial charge in [0.2, 0.25) is 10.0 Å². The van der Waals surface area contributed by atoms with Crippen LogP contribution in [-0.2, 0) is 21.4 Å². The predicted molar refractivity (Wildman–Crippen MR) is 125 cm³/mol. The molecule has 0 bridgehead atoms. The summed E-state index contributed by atoms with van der Waals surface area (Å²) in [5.41, 5.74) is 1.51. The van der Waals surface area contributed by atoms with Crippen molar-refractivity contribution in [3.8, 4) is 0 Å². The minimum absolute atomic E-state index is 0.140. The highest BCUT2D eigenvalue weighted by Gasteiger charge is 2.38. The number of hydrogen-bond donors (Lipinski definition) is 0. The van der Waals surface area contributed by atoms with Gasteiger partial charge in [-0.1, -0.05) is 53.5 Å². The number of fused-ring (bicyclic) bond motifs is 2. The fraction of sp³-hybridized carbons (Fsp3) is 0.261. The first-order chi connectivity index (χ1) is 15.4. The molecule has 166 valence electrons. The maximum atomic E-state index is 13.5. The van der Waals surface area contributed by atoms with E-state index in [0.29, 0.717) is 46.7 Å². The highest BCUT2D eigenvalue weighted by molar-refractivity contribution is 7.89. The molecule has 1 amide bonds. The molecule has 3 aromatic rings. The first kappa shape index (κ1) is 21.5. The van der Waals surface area contributed by atoms with Crippen molar-refractivity contribution in [2.24, 2.45) is 0 Å². The lowest BCUT2D eigenvalue weighted by Gasteiger charge is -2.40. The molecule has 6 nitrogen and oxygen atoms in total. The lowest BCUT2D eigenvalue weighted by Crippen LogP contribution is -2.50. The largest absolute Gasteiger partial charge is 0.444 e. The first-order valence-corrected chi connectivity index (χ1v) is 12.5. The Morgan fingerprint density at radius 3 is 2.31 bits per heavy atom. The van der Waals surface area contributed by atoms with Crippen LogP contribution in [-0.4, -0.2) is 37.9 Å². The highest BCUT2D eigenvalue weighted by atomic mass is 35.5. The van der Waals surface area contributed by atoms with Gasteiger partial charge in [0, 0.05) is 45.5 Å². The van der Waals surface area contributed by atoms with Crippen LogP contribution in [0.5, 0.6) is 0 Å². The van der Waals surface area contributed by atoms with Gasteiger partial charge >= 0.3 is 6.09 Å². The summed E-state index contributed by atoms with van der Waals surface area (Å²) in [7, 11) is -3.72. The molecule has 0 saturated carbocycles. The summed E-state index contributed by atoms with van der Waals surface area (Å²) >= 11 is 12.6. The number of anilines is 1. The third-order valence-electron chi connectivity index (χ3n) is 6.13. The summed E-state index contributed by atoms with van der Waals surface area (Å²) in [6.45, 7) is 0.731. The third kappa shape index (κ3) is 3.53. The molecule has 0 spiro atoms. The van der Waals surface area contributed by atoms with Crippen LogP contribution in [0.3, 0.4) is 0 Å². The van der Waals surface area contributed by atoms with Crippen LogP contribution in [0.4, 0.5) is 10.5 Å². The Morgan fingerprint density at radius 1 is 0.875 bits per heavy atom. The number of ether oxygens (including phenoxy) is 1. The molecule has 0 aromatic heterocycles. The van der Waals surface area contributed by atoms with Crippen LogP contribution >= 0.6 is 23.2 Å². The van der Waals surface area contributed by atoms with E-state index in [1.165, 1.54) is 4.31 Å². The zero-order chi connectivity index (χ0) is 22.5. The van der Waals surface area contributed by atoms with Gasteiger partial charge < -0.3 is 4.74 Å². The average Bonchev–Trinajstić information content (AvgIpc) is 2.79. The maximum Gasteiger partial charge on any atom is 0.414 e. The van der Waals surface area contributed by atoms with Gasteiger partial charge in [0.05, 0.1) is 10.6 Å². The molecule has 32 heavy (non-hydrogen) atoms. The second-order valence-corrected chi connectivity index (χ2v) is 10.6. The van der Waals surface area contributed by atoms with Gasteiger partial charge in [-0.15, -0.1) is 0 Å². The molecule has 2 aliphatic heterocycles. The van der Waals surface area contributed by atoms with Gasteiger partial charge in [-0.3, -0.25) is 4.90 Å². The van der Waals surface area contributed by atoms with Gasteiger partial charge in [-0.05, 0) is 37.1 Å². The van der Waals surface area contributed by atoms with Crippen LogP contribution in [0.25, 0.3) is 10.8 Å². The Bertz CT molecular complexity index is 1320. The predicted octanol–water partition coefficient (Wildman–Crippen LogP) is 5.46. The zero-order valence-electron chi connectivity index (χ0n) is 17.0. The van der Waals surface area contributed by atoms with Gasteiger partial charge in [0.25, 0.3) is 0 Å². The van der Waals surface area contributed by atoms with E-state index in [4.69, 9.17) is 27.9 Å². The van der Waals surface area contributed by atoms with Crippen molar-refractivity contribution in [1.29, 1.82) is 0 Å². The Hall–Kier alpha value is -2.32. The number of nitrogens with zero attached hydrogens (tertiary/aromatic N) is 2. The van der Waals surface area contributed by atoms with Gasteiger partial charge in [-0.2, -0.15) is 4.31 Å². The van der Waals surface area contributed by atoms with Crippen molar-refractivity contribution in [1.82, 2.24) is 4.31 Å². The van der Waals surface area contributed by atoms with Crippen LogP contribution < -0.4 is 4.90 Å². The van der Waals surface area contributed by atoms with E-state index in [-0.39, 0.29) is 17.5 Å². The molecule has 0 aliphatic carbocycles. The molecule has 3 aromatic carbocycles. The second-order valence-electron chi connectivity index (χ2n) is 7.89. The number of hydrogen-bond acceptors (Lipinski definition) is 4. The van der Waals surface area contributed by atoms with Crippen molar-refractivity contribution in [2.45, 2.75) is 30.4 Å². The van der Waals surface area contributed by atoms with Crippen molar-refractivity contribution >= 4 is 55.8 Å². The number of halogens is 2. The molecule has 1 saturated heterocycles. The van der Waals surface area contributed by atoms with E-state index in [1.54, 1.807) is 47.4 Å². The molecule has 0 N–H and O–H groups in total. The number of sulfonamides is 1. The number of rotatable bonds is 3. The smallest absolute Gasteiger partial charge is 0.414 e. The fourth-order valence-corrected chi connectivity index (χ4v) is 6.65. The standard InChI is InChI=1S/C23H20Cl2N2O4S/c24-19-6-1-5-17-16(19)4-2-9-22(17)32(29,30)26-12-10-15(11-13-26)27-21-8-3-7-20(25)18(21)14-31-23(27)28/h1-9,15H,10-14H2. The molecule has 2 heterocycles. The third-order valence-corrected chi connectivity index (χ3v) is 8.77. The van der Waals surface area contributed by atoms with Crippen molar-refractivity contribution in [3.05, 3.63) is 70.2 Å². The molecule has 1 fully saturated rings. The molecule has 0 unspecified atom stereocenters. The molecule has 5 rings (SSSR count). The Kier molecular flexibility index (Phi) is 5.53. The number of piperidine rings is 1. The molecule has 0 radical (unpaired) electrons. The van der Waals surface area contributed by atoms with Crippen molar-refractivity contribution < 1.29 is 17.9 Å². The highest BCUT2D eigenvalue weighted by Crippen LogP contribution is 2.37. The first-order valence-electron chi connectivity index (χ1n) is 10.3. The Balaban J connectivity index is 1.41. The number of carbonyl (C=O) groups excluding carboxylic acids is 1. The number of cyclic esters (lactones) is 1. The summed E-state index contributed by atoms with van der Waals surface area (Å²) in [5, 5.41) is 2.37. The molecular formula is C23H20Cl2N2O4S. The van der Waals surface area contributed by atoms with Crippen molar-refractivity contribution in [2.75, 3.05) is 18.0 Å². The summed E-state index contributed by atoms with van der Waals surface area (Å²) in [6, 6.07) is 15.6. The van der Waals surface area contributed by atoms with Gasteiger partial charge in [0.1, 0.15) is 6.61 Å². The summed E-state index contributed by atoms with van der Waals surface area (Å²) in [4.78, 5) is 14.4. The maximum absolute atomic E-state index is 13.5. The number of carbonyl (C=O) groups is 1. The van der Waals surface area contributed by atoms with Gasteiger partial charge in [-0.25, -0.2) is 13.2 Å².